The van der Waals surface area contributed by atoms with Crippen molar-refractivity contribution in [3.8, 4) is 0 Å². The van der Waals surface area contributed by atoms with Crippen LogP contribution in [-0.2, 0) is 4.79 Å². The molecule has 1 aromatic heterocycles. The Labute approximate surface area is 78.3 Å². The van der Waals surface area contributed by atoms with Gasteiger partial charge in [0.15, 0.2) is 0 Å². The third-order valence-electron chi connectivity index (χ3n) is 1.74. The summed E-state index contributed by atoms with van der Waals surface area (Å²) in [6, 6.07) is 0.706. The van der Waals surface area contributed by atoms with Gasteiger partial charge in [0, 0.05) is 0 Å². The largest absolute Gasteiger partial charge is 0.477 e. The third-order valence-corrected chi connectivity index (χ3v) is 1.74. The van der Waals surface area contributed by atoms with Crippen molar-refractivity contribution in [2.75, 3.05) is 0 Å². The van der Waals surface area contributed by atoms with Gasteiger partial charge in [0.05, 0.1) is 0 Å². The Morgan fingerprint density at radius 3 is 2.57 bits per heavy atom. The van der Waals surface area contributed by atoms with Gasteiger partial charge in [-0.25, -0.2) is 4.79 Å². The fraction of sp³-hybridized carbons (Fsp3) is 0.375. The van der Waals surface area contributed by atoms with E-state index in [0.717, 1.165) is 0 Å². The van der Waals surface area contributed by atoms with E-state index in [1.54, 1.807) is 6.92 Å². The van der Waals surface area contributed by atoms with Gasteiger partial charge in [0.2, 0.25) is 0 Å². The molecular formula is C8H9F2NO3. The summed E-state index contributed by atoms with van der Waals surface area (Å²) in [7, 11) is 0. The lowest BCUT2D eigenvalue weighted by molar-refractivity contribution is -0.168. The summed E-state index contributed by atoms with van der Waals surface area (Å²) in [5.74, 6) is -6.13. The molecule has 4 nitrogen and oxygen atoms in total. The molecule has 78 valence electrons. The summed E-state index contributed by atoms with van der Waals surface area (Å²) >= 11 is 0. The van der Waals surface area contributed by atoms with Gasteiger partial charge in [-0.2, -0.15) is 8.78 Å². The molecule has 0 aliphatic carbocycles. The first-order chi connectivity index (χ1) is 6.35. The van der Waals surface area contributed by atoms with Crippen LogP contribution in [0.15, 0.2) is 16.5 Å². The predicted molar refractivity (Wildman–Crippen MR) is 43.0 cm³/mol. The van der Waals surface area contributed by atoms with Gasteiger partial charge < -0.3 is 15.3 Å². The van der Waals surface area contributed by atoms with Crippen molar-refractivity contribution in [1.29, 1.82) is 0 Å². The summed E-state index contributed by atoms with van der Waals surface area (Å²) in [6.07, 6.45) is 0. The first-order valence-corrected chi connectivity index (χ1v) is 3.79. The number of carboxylic acid groups (broad SMARTS) is 1. The highest BCUT2D eigenvalue weighted by Crippen LogP contribution is 2.30. The van der Waals surface area contributed by atoms with Gasteiger partial charge in [0.1, 0.15) is 17.6 Å². The van der Waals surface area contributed by atoms with Crippen LogP contribution in [0.2, 0.25) is 0 Å². The van der Waals surface area contributed by atoms with Crippen molar-refractivity contribution in [1.82, 2.24) is 0 Å². The number of hydrogen-bond acceptors (Lipinski definition) is 3. The van der Waals surface area contributed by atoms with Crippen LogP contribution < -0.4 is 5.73 Å². The Bertz CT molecular complexity index is 348. The van der Waals surface area contributed by atoms with E-state index < -0.39 is 17.9 Å². The molecule has 0 amide bonds. The van der Waals surface area contributed by atoms with Crippen LogP contribution >= 0.6 is 0 Å². The molecule has 1 unspecified atom stereocenters. The van der Waals surface area contributed by atoms with Crippen molar-refractivity contribution < 1.29 is 23.1 Å². The second-order valence-corrected chi connectivity index (χ2v) is 2.85. The van der Waals surface area contributed by atoms with Crippen LogP contribution in [0.5, 0.6) is 0 Å². The number of hydrogen-bond donors (Lipinski definition) is 2. The molecule has 0 aliphatic heterocycles. The number of aliphatic carboxylic acids is 1. The molecule has 14 heavy (non-hydrogen) atoms. The van der Waals surface area contributed by atoms with Gasteiger partial charge in [-0.1, -0.05) is 0 Å². The molecule has 0 aliphatic rings. The highest BCUT2D eigenvalue weighted by molar-refractivity contribution is 5.76. The molecule has 0 saturated carbocycles. The minimum atomic E-state index is -4.02. The topological polar surface area (TPSA) is 76.5 Å². The maximum Gasteiger partial charge on any atom is 0.376 e. The van der Waals surface area contributed by atoms with Gasteiger partial charge in [0.25, 0.3) is 0 Å². The number of carbonyl (C=O) groups is 1. The first kappa shape index (κ1) is 10.6. The van der Waals surface area contributed by atoms with Gasteiger partial charge >= 0.3 is 11.9 Å². The fourth-order valence-electron chi connectivity index (χ4n) is 0.932. The average molecular weight is 205 g/mol. The number of halogens is 2. The zero-order valence-corrected chi connectivity index (χ0v) is 7.33. The lowest BCUT2D eigenvalue weighted by Crippen LogP contribution is -2.40. The average Bonchev–Trinajstić information content (AvgIpc) is 2.50. The molecule has 0 radical (unpaired) electrons. The molecule has 1 atom stereocenters. The summed E-state index contributed by atoms with van der Waals surface area (Å²) in [4.78, 5) is 10.2. The van der Waals surface area contributed by atoms with Crippen molar-refractivity contribution in [2.24, 2.45) is 5.73 Å². The van der Waals surface area contributed by atoms with Gasteiger partial charge in [-0.05, 0) is 19.1 Å². The minimum absolute atomic E-state index is 0.241. The second kappa shape index (κ2) is 3.38. The number of carboxylic acids is 1. The molecule has 0 spiro atoms. The number of furan rings is 1. The quantitative estimate of drug-likeness (QED) is 0.779. The molecule has 0 saturated heterocycles. The van der Waals surface area contributed by atoms with E-state index in [1.165, 1.54) is 12.1 Å². The number of alkyl halides is 2. The van der Waals surface area contributed by atoms with E-state index >= 15 is 0 Å². The smallest absolute Gasteiger partial charge is 0.376 e. The van der Waals surface area contributed by atoms with Crippen LogP contribution in [0.1, 0.15) is 17.6 Å². The lowest BCUT2D eigenvalue weighted by atomic mass is 10.1. The molecular weight excluding hydrogens is 196 g/mol. The maximum absolute atomic E-state index is 12.9. The van der Waals surface area contributed by atoms with E-state index in [-0.39, 0.29) is 5.76 Å². The summed E-state index contributed by atoms with van der Waals surface area (Å²) in [6.45, 7) is 1.55. The van der Waals surface area contributed by atoms with Crippen molar-refractivity contribution in [3.05, 3.63) is 23.7 Å². The molecule has 6 heteroatoms. The van der Waals surface area contributed by atoms with Crippen LogP contribution in [0, 0.1) is 6.92 Å². The maximum atomic E-state index is 12.9. The fourth-order valence-corrected chi connectivity index (χ4v) is 0.932. The Morgan fingerprint density at radius 1 is 1.64 bits per heavy atom. The van der Waals surface area contributed by atoms with Crippen molar-refractivity contribution in [2.45, 2.75) is 18.9 Å². The number of rotatable bonds is 3. The molecule has 1 rings (SSSR count). The predicted octanol–water partition coefficient (Wildman–Crippen LogP) is 1.31. The molecule has 1 heterocycles. The molecule has 0 fully saturated rings. The van der Waals surface area contributed by atoms with Gasteiger partial charge in [-0.3, -0.25) is 0 Å². The number of nitrogens with two attached hydrogens (primary N) is 1. The molecule has 3 N–H and O–H groups in total. The van der Waals surface area contributed by atoms with E-state index in [4.69, 9.17) is 15.3 Å². The molecule has 0 bridgehead atoms. The molecule has 0 aromatic carbocycles. The van der Waals surface area contributed by atoms with Crippen molar-refractivity contribution in [3.63, 3.8) is 0 Å². The zero-order chi connectivity index (χ0) is 10.9. The van der Waals surface area contributed by atoms with Crippen LogP contribution in [-0.4, -0.2) is 17.0 Å². The van der Waals surface area contributed by atoms with Crippen LogP contribution in [0.3, 0.4) is 0 Å². The minimum Gasteiger partial charge on any atom is -0.477 e. The standard InChI is InChI=1S/C8H9F2NO3/c1-4-2-3-5(14-4)6(11)8(9,10)7(12)13/h2-3,6H,11H2,1H3,(H,12,13). The third kappa shape index (κ3) is 1.74. The highest BCUT2D eigenvalue weighted by Gasteiger charge is 2.47. The Kier molecular flexibility index (Phi) is 2.57. The normalized spacial score (nSPS) is 14.0. The monoisotopic (exact) mass is 205 g/mol. The SMILES string of the molecule is Cc1ccc(C(N)C(F)(F)C(=O)O)o1. The van der Waals surface area contributed by atoms with E-state index in [2.05, 4.69) is 0 Å². The Morgan fingerprint density at radius 2 is 2.21 bits per heavy atom. The van der Waals surface area contributed by atoms with E-state index in [1.807, 2.05) is 0 Å². The number of aryl methyl sites for hydroxylation is 1. The second-order valence-electron chi connectivity index (χ2n) is 2.85. The zero-order valence-electron chi connectivity index (χ0n) is 7.33. The Balaban J connectivity index is 2.95. The first-order valence-electron chi connectivity index (χ1n) is 3.79. The highest BCUT2D eigenvalue weighted by atomic mass is 19.3. The van der Waals surface area contributed by atoms with E-state index in [9.17, 15) is 13.6 Å². The van der Waals surface area contributed by atoms with Crippen LogP contribution in [0.25, 0.3) is 0 Å². The summed E-state index contributed by atoms with van der Waals surface area (Å²) in [5, 5.41) is 8.21. The summed E-state index contributed by atoms with van der Waals surface area (Å²) < 4.78 is 30.5. The summed E-state index contributed by atoms with van der Waals surface area (Å²) in [5.41, 5.74) is 5.06. The Hall–Kier alpha value is -1.43. The van der Waals surface area contributed by atoms with Gasteiger partial charge in [-0.15, -0.1) is 0 Å². The van der Waals surface area contributed by atoms with Crippen molar-refractivity contribution >= 4 is 5.97 Å². The lowest BCUT2D eigenvalue weighted by Gasteiger charge is -2.16. The van der Waals surface area contributed by atoms with E-state index in [0.29, 0.717) is 5.76 Å². The molecule has 1 aromatic rings. The van der Waals surface area contributed by atoms with Crippen LogP contribution in [0.4, 0.5) is 8.78 Å².